The Morgan fingerprint density at radius 3 is 2.24 bits per heavy atom. The highest BCUT2D eigenvalue weighted by atomic mass is 19.2. The molecule has 2 amide bonds. The predicted molar refractivity (Wildman–Crippen MR) is 161 cm³/mol. The van der Waals surface area contributed by atoms with E-state index in [1.807, 2.05) is 37.3 Å². The van der Waals surface area contributed by atoms with Crippen LogP contribution in [0.1, 0.15) is 52.4 Å². The van der Waals surface area contributed by atoms with E-state index in [1.165, 1.54) is 0 Å². The highest BCUT2D eigenvalue weighted by Crippen LogP contribution is 2.28. The molecule has 13 heteroatoms. The van der Waals surface area contributed by atoms with Crippen molar-refractivity contribution in [1.82, 2.24) is 16.0 Å². The first kappa shape index (κ1) is 35.5. The third-order valence-corrected chi connectivity index (χ3v) is 7.06. The number of hydrogen-bond donors (Lipinski definition) is 4. The molecule has 1 saturated carbocycles. The molecule has 1 aliphatic rings. The molecule has 0 aliphatic heterocycles. The van der Waals surface area contributed by atoms with Crippen LogP contribution in [0.4, 0.5) is 17.6 Å². The molecule has 3 rings (SSSR count). The Hall–Kier alpha value is -4.94. The normalized spacial score (nSPS) is 14.3. The fraction of sp³-hybridized carbons (Fsp3) is 0.333. The van der Waals surface area contributed by atoms with E-state index in [1.54, 1.807) is 13.0 Å². The lowest BCUT2D eigenvalue weighted by atomic mass is 9.90. The number of carbonyl (C=O) groups is 4. The number of ketones is 1. The van der Waals surface area contributed by atoms with Crippen LogP contribution in [0.5, 0.6) is 5.75 Å². The van der Waals surface area contributed by atoms with Crippen LogP contribution in [0.3, 0.4) is 0 Å². The summed E-state index contributed by atoms with van der Waals surface area (Å²) in [6, 6.07) is 6.16. The molecule has 0 spiro atoms. The minimum absolute atomic E-state index is 0.0291. The minimum Gasteiger partial charge on any atom is -0.481 e. The van der Waals surface area contributed by atoms with E-state index in [9.17, 15) is 36.7 Å². The Labute approximate surface area is 262 Å². The lowest BCUT2D eigenvalue weighted by Gasteiger charge is -2.23. The summed E-state index contributed by atoms with van der Waals surface area (Å²) in [6.45, 7) is 2.17. The number of carboxylic acids is 1. The number of halogens is 4. The molecule has 1 aliphatic carbocycles. The SMILES string of the molecule is C\C=C(/C=c1/cccc/c1=C\CC)NC(=O)C(NCC(=O)NC(CCC(=O)O)C(=O)COc1c(F)c(F)cc(F)c1F)=C1CCC1. The van der Waals surface area contributed by atoms with E-state index in [0.717, 1.165) is 28.9 Å². The molecule has 0 radical (unpaired) electrons. The van der Waals surface area contributed by atoms with Gasteiger partial charge in [-0.2, -0.15) is 8.78 Å². The largest absolute Gasteiger partial charge is 0.481 e. The molecule has 2 aromatic rings. The van der Waals surface area contributed by atoms with Gasteiger partial charge < -0.3 is 25.8 Å². The Bertz CT molecular complexity index is 1640. The van der Waals surface area contributed by atoms with E-state index >= 15 is 0 Å². The molecule has 9 nitrogen and oxygen atoms in total. The van der Waals surface area contributed by atoms with Gasteiger partial charge in [-0.25, -0.2) is 8.78 Å². The molecule has 0 aromatic heterocycles. The molecular formula is C33H35F4N3O6. The Kier molecular flexibility index (Phi) is 13.1. The van der Waals surface area contributed by atoms with Crippen molar-refractivity contribution in [3.63, 3.8) is 0 Å². The van der Waals surface area contributed by atoms with Crippen LogP contribution < -0.4 is 31.1 Å². The van der Waals surface area contributed by atoms with Crippen LogP contribution in [0.2, 0.25) is 0 Å². The van der Waals surface area contributed by atoms with Crippen LogP contribution in [0.25, 0.3) is 12.2 Å². The first-order chi connectivity index (χ1) is 21.9. The number of amides is 2. The van der Waals surface area contributed by atoms with E-state index in [-0.39, 0.29) is 11.8 Å². The summed E-state index contributed by atoms with van der Waals surface area (Å²) >= 11 is 0. The second-order valence-corrected chi connectivity index (χ2v) is 10.4. The van der Waals surface area contributed by atoms with Crippen LogP contribution in [0.15, 0.2) is 53.4 Å². The van der Waals surface area contributed by atoms with Gasteiger partial charge >= 0.3 is 5.97 Å². The molecule has 4 N–H and O–H groups in total. The van der Waals surface area contributed by atoms with Crippen LogP contribution in [0, 0.1) is 23.3 Å². The number of benzene rings is 2. The van der Waals surface area contributed by atoms with Crippen LogP contribution >= 0.6 is 0 Å². The van der Waals surface area contributed by atoms with Gasteiger partial charge in [0.25, 0.3) is 5.91 Å². The zero-order valence-electron chi connectivity index (χ0n) is 25.4. The maximum atomic E-state index is 13.9. The molecule has 1 unspecified atom stereocenters. The predicted octanol–water partition coefficient (Wildman–Crippen LogP) is 3.26. The van der Waals surface area contributed by atoms with Gasteiger partial charge in [-0.1, -0.05) is 43.3 Å². The number of Topliss-reactive ketones (excluding diaryl/α,β-unsaturated/α-hetero) is 1. The fourth-order valence-corrected chi connectivity index (χ4v) is 4.49. The van der Waals surface area contributed by atoms with Crippen molar-refractivity contribution in [1.29, 1.82) is 0 Å². The molecule has 0 heterocycles. The molecule has 0 bridgehead atoms. The van der Waals surface area contributed by atoms with Gasteiger partial charge in [-0.3, -0.25) is 19.2 Å². The Balaban J connectivity index is 1.70. The van der Waals surface area contributed by atoms with Gasteiger partial charge in [-0.05, 0) is 61.1 Å². The molecule has 1 fully saturated rings. The fourth-order valence-electron chi connectivity index (χ4n) is 4.49. The molecule has 1 atom stereocenters. The van der Waals surface area contributed by atoms with Gasteiger partial charge in [0.15, 0.2) is 23.2 Å². The number of rotatable bonds is 15. The Morgan fingerprint density at radius 2 is 1.67 bits per heavy atom. The first-order valence-corrected chi connectivity index (χ1v) is 14.6. The topological polar surface area (TPSA) is 134 Å². The number of aliphatic carboxylic acids is 1. The average Bonchev–Trinajstić information content (AvgIpc) is 2.99. The summed E-state index contributed by atoms with van der Waals surface area (Å²) in [5.41, 5.74) is 1.49. The molecule has 2 aromatic carbocycles. The summed E-state index contributed by atoms with van der Waals surface area (Å²) in [6.07, 6.45) is 7.56. The average molecular weight is 646 g/mol. The highest BCUT2D eigenvalue weighted by molar-refractivity contribution is 5.97. The number of carboxylic acid groups (broad SMARTS) is 1. The highest BCUT2D eigenvalue weighted by Gasteiger charge is 2.27. The second kappa shape index (κ2) is 16.9. The molecule has 0 saturated heterocycles. The maximum Gasteiger partial charge on any atom is 0.303 e. The maximum absolute atomic E-state index is 13.9. The number of nitrogens with one attached hydrogen (secondary N) is 3. The molecule has 46 heavy (non-hydrogen) atoms. The lowest BCUT2D eigenvalue weighted by Crippen LogP contribution is -2.47. The van der Waals surface area contributed by atoms with Gasteiger partial charge in [0.2, 0.25) is 17.5 Å². The van der Waals surface area contributed by atoms with Crippen molar-refractivity contribution in [3.8, 4) is 5.75 Å². The van der Waals surface area contributed by atoms with Crippen molar-refractivity contribution in [2.45, 2.75) is 58.4 Å². The van der Waals surface area contributed by atoms with E-state index in [4.69, 9.17) is 9.84 Å². The summed E-state index contributed by atoms with van der Waals surface area (Å²) < 4.78 is 59.6. The second-order valence-electron chi connectivity index (χ2n) is 10.4. The number of ether oxygens (including phenoxy) is 1. The van der Waals surface area contributed by atoms with Crippen LogP contribution in [-0.2, 0) is 19.2 Å². The third-order valence-electron chi connectivity index (χ3n) is 7.06. The van der Waals surface area contributed by atoms with E-state index < -0.39 is 84.6 Å². The van der Waals surface area contributed by atoms with Gasteiger partial charge in [0, 0.05) is 18.2 Å². The number of hydrogen-bond acceptors (Lipinski definition) is 6. The minimum atomic E-state index is -1.86. The summed E-state index contributed by atoms with van der Waals surface area (Å²) in [7, 11) is 0. The van der Waals surface area contributed by atoms with Crippen molar-refractivity contribution >= 4 is 35.7 Å². The van der Waals surface area contributed by atoms with Crippen molar-refractivity contribution in [2.24, 2.45) is 0 Å². The van der Waals surface area contributed by atoms with Gasteiger partial charge in [0.1, 0.15) is 6.61 Å². The summed E-state index contributed by atoms with van der Waals surface area (Å²) in [5, 5.41) is 19.0. The van der Waals surface area contributed by atoms with E-state index in [2.05, 4.69) is 22.0 Å². The summed E-state index contributed by atoms with van der Waals surface area (Å²) in [4.78, 5) is 50.0. The standard InChI is InChI=1S/C33H35F4N3O6/c1-3-8-19-9-5-6-10-21(19)15-22(4-2)39-33(45)31(20-11-7-12-20)38-17-27(42)40-25(13-14-28(43)44)26(41)18-46-32-29(36)23(34)16-24(35)30(32)37/h4-6,8-10,15-16,25,38H,3,7,11-14,17-18H2,1-2H3,(H,39,45)(H,40,42)(H,43,44)/b19-8+,21-15-,22-4+. The number of allylic oxidation sites excluding steroid dienone is 3. The molecular weight excluding hydrogens is 610 g/mol. The first-order valence-electron chi connectivity index (χ1n) is 14.6. The van der Waals surface area contributed by atoms with Crippen molar-refractivity contribution < 1.29 is 46.6 Å². The van der Waals surface area contributed by atoms with Gasteiger partial charge in [-0.15, -0.1) is 0 Å². The quantitative estimate of drug-likeness (QED) is 0.133. The van der Waals surface area contributed by atoms with Gasteiger partial charge in [0.05, 0.1) is 18.3 Å². The van der Waals surface area contributed by atoms with Crippen molar-refractivity contribution in [2.75, 3.05) is 13.2 Å². The zero-order chi connectivity index (χ0) is 33.8. The Morgan fingerprint density at radius 1 is 1.02 bits per heavy atom. The zero-order valence-corrected chi connectivity index (χ0v) is 25.4. The van der Waals surface area contributed by atoms with Crippen LogP contribution in [-0.4, -0.2) is 47.9 Å². The summed E-state index contributed by atoms with van der Waals surface area (Å²) in [5.74, 6) is -12.3. The smallest absolute Gasteiger partial charge is 0.303 e. The van der Waals surface area contributed by atoms with E-state index in [0.29, 0.717) is 18.5 Å². The number of carbonyl (C=O) groups excluding carboxylic acids is 3. The monoisotopic (exact) mass is 645 g/mol. The third kappa shape index (κ3) is 9.78. The van der Waals surface area contributed by atoms with Crippen molar-refractivity contribution in [3.05, 3.63) is 87.1 Å². The lowest BCUT2D eigenvalue weighted by molar-refractivity contribution is -0.138. The molecule has 246 valence electrons.